The summed E-state index contributed by atoms with van der Waals surface area (Å²) in [4.78, 5) is 3.77. The zero-order chi connectivity index (χ0) is 15.4. The highest BCUT2D eigenvalue weighted by Crippen LogP contribution is 2.26. The molecule has 1 N–H and O–H groups in total. The molecule has 116 valence electrons. The van der Waals surface area contributed by atoms with Gasteiger partial charge in [0.05, 0.1) is 6.54 Å². The Morgan fingerprint density at radius 2 is 2.10 bits per heavy atom. The van der Waals surface area contributed by atoms with E-state index < -0.39 is 0 Å². The van der Waals surface area contributed by atoms with Crippen LogP contribution in [-0.4, -0.2) is 18.0 Å². The predicted molar refractivity (Wildman–Crippen MR) is 89.6 cm³/mol. The highest BCUT2D eigenvalue weighted by molar-refractivity contribution is 7.10. The largest absolute Gasteiger partial charge is 0.465 e. The van der Waals surface area contributed by atoms with Crippen LogP contribution in [-0.2, 0) is 13.1 Å². The SMILES string of the molecule is Cc1oc(CNC(C)C)cc1CN(C)C(C)c1cccs1. The molecule has 0 spiro atoms. The molecule has 0 radical (unpaired) electrons. The van der Waals surface area contributed by atoms with Crippen molar-refractivity contribution in [3.05, 3.63) is 45.5 Å². The van der Waals surface area contributed by atoms with Crippen molar-refractivity contribution in [3.63, 3.8) is 0 Å². The summed E-state index contributed by atoms with van der Waals surface area (Å²) in [6.45, 7) is 10.3. The summed E-state index contributed by atoms with van der Waals surface area (Å²) in [6.07, 6.45) is 0. The van der Waals surface area contributed by atoms with E-state index in [2.05, 4.69) is 68.5 Å². The van der Waals surface area contributed by atoms with Gasteiger partial charge in [-0.2, -0.15) is 0 Å². The van der Waals surface area contributed by atoms with Crippen LogP contribution < -0.4 is 5.32 Å². The van der Waals surface area contributed by atoms with Crippen LogP contribution in [0.2, 0.25) is 0 Å². The van der Waals surface area contributed by atoms with Crippen LogP contribution in [0.4, 0.5) is 0 Å². The van der Waals surface area contributed by atoms with E-state index in [0.29, 0.717) is 12.1 Å². The van der Waals surface area contributed by atoms with Crippen molar-refractivity contribution in [2.24, 2.45) is 0 Å². The maximum atomic E-state index is 5.85. The van der Waals surface area contributed by atoms with Crippen LogP contribution in [0.5, 0.6) is 0 Å². The Morgan fingerprint density at radius 1 is 1.33 bits per heavy atom. The second kappa shape index (κ2) is 7.25. The molecule has 2 rings (SSSR count). The first-order valence-electron chi connectivity index (χ1n) is 7.52. The summed E-state index contributed by atoms with van der Waals surface area (Å²) >= 11 is 1.82. The quantitative estimate of drug-likeness (QED) is 0.825. The maximum Gasteiger partial charge on any atom is 0.118 e. The molecule has 4 heteroatoms. The summed E-state index contributed by atoms with van der Waals surface area (Å²) in [6, 6.07) is 7.40. The molecule has 0 saturated carbocycles. The second-order valence-electron chi connectivity index (χ2n) is 5.94. The Bertz CT molecular complexity index is 545. The van der Waals surface area contributed by atoms with Crippen molar-refractivity contribution in [3.8, 4) is 0 Å². The minimum atomic E-state index is 0.427. The highest BCUT2D eigenvalue weighted by atomic mass is 32.1. The number of thiophene rings is 1. The third-order valence-corrected chi connectivity index (χ3v) is 4.83. The topological polar surface area (TPSA) is 28.4 Å². The fraction of sp³-hybridized carbons (Fsp3) is 0.529. The third kappa shape index (κ3) is 4.43. The molecule has 2 aromatic heterocycles. The van der Waals surface area contributed by atoms with Crippen LogP contribution in [0.3, 0.4) is 0 Å². The van der Waals surface area contributed by atoms with Gasteiger partial charge < -0.3 is 9.73 Å². The predicted octanol–water partition coefficient (Wildman–Crippen LogP) is 4.34. The van der Waals surface area contributed by atoms with Gasteiger partial charge >= 0.3 is 0 Å². The average molecular weight is 306 g/mol. The average Bonchev–Trinajstić information content (AvgIpc) is 3.06. The number of hydrogen-bond acceptors (Lipinski definition) is 4. The van der Waals surface area contributed by atoms with Crippen LogP contribution >= 0.6 is 11.3 Å². The summed E-state index contributed by atoms with van der Waals surface area (Å²) in [5.41, 5.74) is 1.28. The number of aryl methyl sites for hydroxylation is 1. The van der Waals surface area contributed by atoms with Gasteiger partial charge in [0.25, 0.3) is 0 Å². The summed E-state index contributed by atoms with van der Waals surface area (Å²) < 4.78 is 5.85. The molecule has 0 aromatic carbocycles. The standard InChI is InChI=1S/C17H26N2OS/c1-12(2)18-10-16-9-15(14(4)20-16)11-19(5)13(3)17-7-6-8-21-17/h6-9,12-13,18H,10-11H2,1-5H3. The molecule has 0 bridgehead atoms. The molecular weight excluding hydrogens is 280 g/mol. The normalized spacial score (nSPS) is 13.3. The number of nitrogens with one attached hydrogen (secondary N) is 1. The van der Waals surface area contributed by atoms with Gasteiger partial charge in [0.1, 0.15) is 11.5 Å². The van der Waals surface area contributed by atoms with E-state index in [4.69, 9.17) is 4.42 Å². The van der Waals surface area contributed by atoms with Gasteiger partial charge in [0.15, 0.2) is 0 Å². The van der Waals surface area contributed by atoms with Crippen LogP contribution in [0.25, 0.3) is 0 Å². The van der Waals surface area contributed by atoms with Gasteiger partial charge in [-0.25, -0.2) is 0 Å². The molecule has 0 amide bonds. The first kappa shape index (κ1) is 16.3. The molecule has 3 nitrogen and oxygen atoms in total. The van der Waals surface area contributed by atoms with Crippen molar-refractivity contribution in [1.82, 2.24) is 10.2 Å². The Balaban J connectivity index is 1.99. The maximum absolute atomic E-state index is 5.85. The van der Waals surface area contributed by atoms with Gasteiger partial charge in [-0.05, 0) is 38.4 Å². The monoisotopic (exact) mass is 306 g/mol. The van der Waals surface area contributed by atoms with E-state index in [-0.39, 0.29) is 0 Å². The molecule has 2 aromatic rings. The first-order valence-corrected chi connectivity index (χ1v) is 8.40. The lowest BCUT2D eigenvalue weighted by atomic mass is 10.2. The van der Waals surface area contributed by atoms with Crippen molar-refractivity contribution in [1.29, 1.82) is 0 Å². The lowest BCUT2D eigenvalue weighted by Crippen LogP contribution is -2.22. The van der Waals surface area contributed by atoms with Crippen molar-refractivity contribution in [2.45, 2.75) is 52.9 Å². The number of rotatable bonds is 7. The van der Waals surface area contributed by atoms with Gasteiger partial charge in [-0.1, -0.05) is 19.9 Å². The van der Waals surface area contributed by atoms with E-state index in [0.717, 1.165) is 24.6 Å². The Labute approximate surface area is 132 Å². The molecule has 1 unspecified atom stereocenters. The molecule has 0 fully saturated rings. The molecule has 2 heterocycles. The zero-order valence-electron chi connectivity index (χ0n) is 13.6. The molecule has 0 saturated heterocycles. The van der Waals surface area contributed by atoms with Gasteiger partial charge in [0.2, 0.25) is 0 Å². The Hall–Kier alpha value is -1.10. The summed E-state index contributed by atoms with van der Waals surface area (Å²) in [5.74, 6) is 2.05. The number of hydrogen-bond donors (Lipinski definition) is 1. The molecular formula is C17H26N2OS. The van der Waals surface area contributed by atoms with Crippen molar-refractivity contribution in [2.75, 3.05) is 7.05 Å². The van der Waals surface area contributed by atoms with Gasteiger partial charge in [-0.15, -0.1) is 11.3 Å². The third-order valence-electron chi connectivity index (χ3n) is 3.79. The lowest BCUT2D eigenvalue weighted by molar-refractivity contribution is 0.255. The van der Waals surface area contributed by atoms with E-state index in [1.54, 1.807) is 0 Å². The first-order chi connectivity index (χ1) is 9.97. The van der Waals surface area contributed by atoms with Crippen LogP contribution in [0, 0.1) is 6.92 Å². The molecule has 0 aliphatic carbocycles. The number of nitrogens with zero attached hydrogens (tertiary/aromatic N) is 1. The smallest absolute Gasteiger partial charge is 0.118 e. The minimum Gasteiger partial charge on any atom is -0.465 e. The summed E-state index contributed by atoms with van der Waals surface area (Å²) in [7, 11) is 2.17. The molecule has 0 aliphatic rings. The fourth-order valence-corrected chi connectivity index (χ4v) is 3.14. The van der Waals surface area contributed by atoms with E-state index in [9.17, 15) is 0 Å². The second-order valence-corrected chi connectivity index (χ2v) is 6.92. The Morgan fingerprint density at radius 3 is 2.71 bits per heavy atom. The summed E-state index contributed by atoms with van der Waals surface area (Å²) in [5, 5.41) is 5.53. The highest BCUT2D eigenvalue weighted by Gasteiger charge is 2.16. The lowest BCUT2D eigenvalue weighted by Gasteiger charge is -2.23. The molecule has 1 atom stereocenters. The molecule has 21 heavy (non-hydrogen) atoms. The number of furan rings is 1. The van der Waals surface area contributed by atoms with Gasteiger partial charge in [0, 0.05) is 29.1 Å². The van der Waals surface area contributed by atoms with E-state index in [1.807, 2.05) is 11.3 Å². The molecule has 0 aliphatic heterocycles. The van der Waals surface area contributed by atoms with Crippen LogP contribution in [0.15, 0.2) is 28.0 Å². The fourth-order valence-electron chi connectivity index (χ4n) is 2.29. The van der Waals surface area contributed by atoms with Crippen molar-refractivity contribution < 1.29 is 4.42 Å². The Kier molecular flexibility index (Phi) is 5.62. The van der Waals surface area contributed by atoms with E-state index in [1.165, 1.54) is 10.4 Å². The van der Waals surface area contributed by atoms with Gasteiger partial charge in [-0.3, -0.25) is 4.90 Å². The van der Waals surface area contributed by atoms with Crippen molar-refractivity contribution >= 4 is 11.3 Å². The van der Waals surface area contributed by atoms with Crippen LogP contribution in [0.1, 0.15) is 48.8 Å². The minimum absolute atomic E-state index is 0.427. The van der Waals surface area contributed by atoms with E-state index >= 15 is 0 Å². The zero-order valence-corrected chi connectivity index (χ0v) is 14.5.